The van der Waals surface area contributed by atoms with Gasteiger partial charge in [-0.05, 0) is 54.7 Å². The fraction of sp³-hybridized carbons (Fsp3) is 0.333. The van der Waals surface area contributed by atoms with Crippen LogP contribution >= 0.6 is 23.2 Å². The van der Waals surface area contributed by atoms with Crippen LogP contribution in [0.4, 0.5) is 0 Å². The van der Waals surface area contributed by atoms with Crippen molar-refractivity contribution in [3.05, 3.63) is 58.0 Å². The third-order valence-corrected chi connectivity index (χ3v) is 3.53. The normalized spacial score (nSPS) is 12.6. The van der Waals surface area contributed by atoms with E-state index >= 15 is 0 Å². The van der Waals surface area contributed by atoms with Gasteiger partial charge in [0, 0.05) is 16.6 Å². The summed E-state index contributed by atoms with van der Waals surface area (Å²) < 4.78 is 5.19. The van der Waals surface area contributed by atoms with Crippen LogP contribution in [0.5, 0.6) is 0 Å². The molecule has 0 aliphatic carbocycles. The van der Waals surface area contributed by atoms with E-state index in [1.54, 1.807) is 6.26 Å². The Morgan fingerprint density at radius 3 is 2.74 bits per heavy atom. The highest BCUT2D eigenvalue weighted by atomic mass is 35.5. The highest BCUT2D eigenvalue weighted by Crippen LogP contribution is 2.27. The molecule has 102 valence electrons. The molecule has 4 heteroatoms. The van der Waals surface area contributed by atoms with Gasteiger partial charge >= 0.3 is 0 Å². The predicted molar refractivity (Wildman–Crippen MR) is 79.9 cm³/mol. The zero-order valence-electron chi connectivity index (χ0n) is 10.8. The number of nitrogens with one attached hydrogen (secondary N) is 1. The lowest BCUT2D eigenvalue weighted by Crippen LogP contribution is -2.24. The molecule has 1 N–H and O–H groups in total. The van der Waals surface area contributed by atoms with Crippen molar-refractivity contribution < 1.29 is 4.42 Å². The van der Waals surface area contributed by atoms with Gasteiger partial charge in [0.1, 0.15) is 0 Å². The SMILES string of the molecule is CCCNC(Cc1cccc(Cl)c1)c1ccoc1Cl. The van der Waals surface area contributed by atoms with Crippen molar-refractivity contribution in [2.24, 2.45) is 0 Å². The van der Waals surface area contributed by atoms with Crippen molar-refractivity contribution in [1.29, 1.82) is 0 Å². The summed E-state index contributed by atoms with van der Waals surface area (Å²) in [6, 6.07) is 9.96. The second-order valence-corrected chi connectivity index (χ2v) is 5.27. The van der Waals surface area contributed by atoms with Gasteiger partial charge in [-0.15, -0.1) is 0 Å². The first-order chi connectivity index (χ1) is 9.20. The van der Waals surface area contributed by atoms with Gasteiger partial charge in [-0.3, -0.25) is 0 Å². The topological polar surface area (TPSA) is 25.2 Å². The first-order valence-corrected chi connectivity index (χ1v) is 7.17. The third-order valence-electron chi connectivity index (χ3n) is 2.99. The molecule has 0 amide bonds. The second kappa shape index (κ2) is 6.99. The zero-order chi connectivity index (χ0) is 13.7. The number of halogens is 2. The Bertz CT molecular complexity index is 524. The minimum Gasteiger partial charge on any atom is -0.453 e. The van der Waals surface area contributed by atoms with Crippen molar-refractivity contribution in [3.63, 3.8) is 0 Å². The number of benzene rings is 1. The minimum atomic E-state index is 0.143. The molecule has 19 heavy (non-hydrogen) atoms. The number of furan rings is 1. The van der Waals surface area contributed by atoms with Crippen molar-refractivity contribution in [1.82, 2.24) is 5.32 Å². The summed E-state index contributed by atoms with van der Waals surface area (Å²) in [5, 5.41) is 4.70. The lowest BCUT2D eigenvalue weighted by molar-refractivity contribution is 0.513. The molecule has 0 saturated heterocycles. The van der Waals surface area contributed by atoms with Crippen molar-refractivity contribution in [3.8, 4) is 0 Å². The van der Waals surface area contributed by atoms with E-state index in [-0.39, 0.29) is 6.04 Å². The molecule has 1 atom stereocenters. The molecule has 1 aromatic heterocycles. The molecule has 1 aromatic carbocycles. The molecule has 0 aliphatic heterocycles. The molecule has 1 heterocycles. The van der Waals surface area contributed by atoms with Crippen LogP contribution in [0, 0.1) is 0 Å². The number of rotatable bonds is 6. The van der Waals surface area contributed by atoms with Crippen molar-refractivity contribution in [2.45, 2.75) is 25.8 Å². The average Bonchev–Trinajstić information content (AvgIpc) is 2.81. The standard InChI is InChI=1S/C15H17Cl2NO/c1-2-7-18-14(13-6-8-19-15(13)17)10-11-4-3-5-12(16)9-11/h3-6,8-9,14,18H,2,7,10H2,1H3. The first kappa shape index (κ1) is 14.4. The van der Waals surface area contributed by atoms with Gasteiger partial charge in [0.25, 0.3) is 0 Å². The summed E-state index contributed by atoms with van der Waals surface area (Å²) in [6.07, 6.45) is 3.53. The lowest BCUT2D eigenvalue weighted by Gasteiger charge is -2.18. The van der Waals surface area contributed by atoms with E-state index in [1.807, 2.05) is 24.3 Å². The molecule has 2 rings (SSSR count). The van der Waals surface area contributed by atoms with Crippen LogP contribution < -0.4 is 5.32 Å². The van der Waals surface area contributed by atoms with Crippen LogP contribution in [0.1, 0.15) is 30.5 Å². The molecule has 2 nitrogen and oxygen atoms in total. The van der Waals surface area contributed by atoms with Crippen LogP contribution in [-0.4, -0.2) is 6.54 Å². The van der Waals surface area contributed by atoms with Gasteiger partial charge in [-0.2, -0.15) is 0 Å². The van der Waals surface area contributed by atoms with E-state index in [9.17, 15) is 0 Å². The molecule has 0 fully saturated rings. The molecular weight excluding hydrogens is 281 g/mol. The van der Waals surface area contributed by atoms with Gasteiger partial charge in [-0.1, -0.05) is 30.7 Å². The van der Waals surface area contributed by atoms with Crippen LogP contribution in [0.3, 0.4) is 0 Å². The maximum atomic E-state index is 6.08. The van der Waals surface area contributed by atoms with Gasteiger partial charge in [0.05, 0.1) is 6.26 Å². The highest BCUT2D eigenvalue weighted by molar-refractivity contribution is 6.30. The van der Waals surface area contributed by atoms with Crippen LogP contribution in [0.15, 0.2) is 41.0 Å². The van der Waals surface area contributed by atoms with E-state index in [0.29, 0.717) is 5.22 Å². The molecule has 0 spiro atoms. The number of hydrogen-bond acceptors (Lipinski definition) is 2. The fourth-order valence-corrected chi connectivity index (χ4v) is 2.52. The van der Waals surface area contributed by atoms with E-state index in [1.165, 1.54) is 5.56 Å². The maximum absolute atomic E-state index is 6.08. The highest BCUT2D eigenvalue weighted by Gasteiger charge is 2.17. The largest absolute Gasteiger partial charge is 0.453 e. The molecule has 0 aliphatic rings. The molecular formula is C15H17Cl2NO. The lowest BCUT2D eigenvalue weighted by atomic mass is 10.0. The summed E-state index contributed by atoms with van der Waals surface area (Å²) >= 11 is 12.1. The zero-order valence-corrected chi connectivity index (χ0v) is 12.3. The van der Waals surface area contributed by atoms with Gasteiger partial charge < -0.3 is 9.73 Å². The Hall–Kier alpha value is -0.960. The van der Waals surface area contributed by atoms with Crippen LogP contribution in [0.25, 0.3) is 0 Å². The summed E-state index contributed by atoms with van der Waals surface area (Å²) in [7, 11) is 0. The number of hydrogen-bond donors (Lipinski definition) is 1. The monoisotopic (exact) mass is 297 g/mol. The third kappa shape index (κ3) is 4.00. The average molecular weight is 298 g/mol. The summed E-state index contributed by atoms with van der Waals surface area (Å²) in [5.41, 5.74) is 2.17. The first-order valence-electron chi connectivity index (χ1n) is 6.41. The molecule has 1 unspecified atom stereocenters. The second-order valence-electron chi connectivity index (χ2n) is 4.49. The van der Waals surface area contributed by atoms with Gasteiger partial charge in [0.2, 0.25) is 0 Å². The van der Waals surface area contributed by atoms with Crippen molar-refractivity contribution >= 4 is 23.2 Å². The fourth-order valence-electron chi connectivity index (χ4n) is 2.06. The quantitative estimate of drug-likeness (QED) is 0.823. The van der Waals surface area contributed by atoms with Crippen LogP contribution in [0.2, 0.25) is 10.2 Å². The Morgan fingerprint density at radius 1 is 1.26 bits per heavy atom. The Balaban J connectivity index is 2.16. The van der Waals surface area contributed by atoms with E-state index in [0.717, 1.165) is 30.0 Å². The Kier molecular flexibility index (Phi) is 5.32. The van der Waals surface area contributed by atoms with E-state index < -0.39 is 0 Å². The van der Waals surface area contributed by atoms with E-state index in [2.05, 4.69) is 18.3 Å². The Morgan fingerprint density at radius 2 is 2.11 bits per heavy atom. The Labute approximate surface area is 123 Å². The summed E-state index contributed by atoms with van der Waals surface area (Å²) in [5.74, 6) is 0. The molecule has 0 radical (unpaired) electrons. The summed E-state index contributed by atoms with van der Waals surface area (Å²) in [4.78, 5) is 0. The smallest absolute Gasteiger partial charge is 0.197 e. The van der Waals surface area contributed by atoms with Gasteiger partial charge in [-0.25, -0.2) is 0 Å². The molecule has 0 saturated carbocycles. The predicted octanol–water partition coefficient (Wildman–Crippen LogP) is 4.87. The minimum absolute atomic E-state index is 0.143. The van der Waals surface area contributed by atoms with Crippen LogP contribution in [-0.2, 0) is 6.42 Å². The van der Waals surface area contributed by atoms with Crippen molar-refractivity contribution in [2.75, 3.05) is 6.54 Å². The van der Waals surface area contributed by atoms with E-state index in [4.69, 9.17) is 27.6 Å². The molecule has 2 aromatic rings. The molecule has 0 bridgehead atoms. The maximum Gasteiger partial charge on any atom is 0.197 e. The summed E-state index contributed by atoms with van der Waals surface area (Å²) in [6.45, 7) is 3.08. The van der Waals surface area contributed by atoms with Gasteiger partial charge in [0.15, 0.2) is 5.22 Å².